The number of imidazole rings is 1. The molecule has 0 bridgehead atoms. The van der Waals surface area contributed by atoms with E-state index in [1.807, 2.05) is 12.1 Å². The van der Waals surface area contributed by atoms with Crippen molar-refractivity contribution in [3.63, 3.8) is 0 Å². The van der Waals surface area contributed by atoms with Crippen molar-refractivity contribution in [2.75, 3.05) is 6.54 Å². The summed E-state index contributed by atoms with van der Waals surface area (Å²) in [6.45, 7) is -2.01. The van der Waals surface area contributed by atoms with Gasteiger partial charge in [0.2, 0.25) is 0 Å². The third-order valence-electron chi connectivity index (χ3n) is 2.68. The van der Waals surface area contributed by atoms with Gasteiger partial charge in [0, 0.05) is 12.4 Å². The zero-order valence-corrected chi connectivity index (χ0v) is 10.3. The molecule has 0 unspecified atom stereocenters. The molecule has 4 nitrogen and oxygen atoms in total. The van der Waals surface area contributed by atoms with Crippen LogP contribution in [0.5, 0.6) is 5.75 Å². The van der Waals surface area contributed by atoms with Crippen molar-refractivity contribution in [2.24, 2.45) is 5.73 Å². The highest BCUT2D eigenvalue weighted by Crippen LogP contribution is 2.16. The van der Waals surface area contributed by atoms with Gasteiger partial charge in [0.05, 0.1) is 0 Å². The smallest absolute Gasteiger partial charge is 0.320 e. The molecule has 0 aliphatic heterocycles. The lowest BCUT2D eigenvalue weighted by Gasteiger charge is -2.09. The molecule has 0 saturated heterocycles. The minimum absolute atomic E-state index is 0.00752. The maximum Gasteiger partial charge on any atom is 0.320 e. The molecule has 0 spiro atoms. The van der Waals surface area contributed by atoms with E-state index in [-0.39, 0.29) is 12.4 Å². The van der Waals surface area contributed by atoms with Crippen LogP contribution in [0.25, 0.3) is 0 Å². The van der Waals surface area contributed by atoms with Crippen LogP contribution in [0.3, 0.4) is 0 Å². The fourth-order valence-corrected chi connectivity index (χ4v) is 1.70. The highest BCUT2D eigenvalue weighted by atomic mass is 19.3. The van der Waals surface area contributed by atoms with Crippen molar-refractivity contribution in [1.29, 1.82) is 0 Å². The Morgan fingerprint density at radius 2 is 2.00 bits per heavy atom. The summed E-state index contributed by atoms with van der Waals surface area (Å²) in [7, 11) is 0. The molecule has 0 aliphatic carbocycles. The van der Waals surface area contributed by atoms with Crippen LogP contribution in [0.15, 0.2) is 36.7 Å². The second-order valence-corrected chi connectivity index (χ2v) is 4.00. The van der Waals surface area contributed by atoms with Crippen LogP contribution < -0.4 is 10.5 Å². The van der Waals surface area contributed by atoms with E-state index in [1.54, 1.807) is 12.1 Å². The maximum atomic E-state index is 12.6. The number of benzene rings is 1. The van der Waals surface area contributed by atoms with Crippen molar-refractivity contribution in [2.45, 2.75) is 19.6 Å². The van der Waals surface area contributed by atoms with Gasteiger partial charge in [-0.3, -0.25) is 4.57 Å². The van der Waals surface area contributed by atoms with E-state index in [4.69, 9.17) is 10.5 Å². The van der Waals surface area contributed by atoms with E-state index >= 15 is 0 Å². The Bertz CT molecular complexity index is 511. The Kier molecular flexibility index (Phi) is 4.46. The molecule has 19 heavy (non-hydrogen) atoms. The number of rotatable bonds is 6. The van der Waals surface area contributed by atoms with Crippen LogP contribution in [0.1, 0.15) is 17.9 Å². The predicted molar refractivity (Wildman–Crippen MR) is 67.0 cm³/mol. The molecule has 0 atom stereocenters. The lowest BCUT2D eigenvalue weighted by molar-refractivity contribution is 0.0632. The van der Waals surface area contributed by atoms with Gasteiger partial charge < -0.3 is 10.5 Å². The first kappa shape index (κ1) is 13.5. The van der Waals surface area contributed by atoms with Crippen molar-refractivity contribution >= 4 is 0 Å². The summed E-state index contributed by atoms with van der Waals surface area (Å²) in [4.78, 5) is 3.84. The van der Waals surface area contributed by atoms with Gasteiger partial charge in [0.15, 0.2) is 5.82 Å². The van der Waals surface area contributed by atoms with E-state index in [0.29, 0.717) is 12.3 Å². The minimum atomic E-state index is -2.60. The van der Waals surface area contributed by atoms with Crippen LogP contribution in [-0.2, 0) is 13.0 Å². The fraction of sp³-hybridized carbons (Fsp3) is 0.308. The molecule has 2 N–H and O–H groups in total. The number of alkyl halides is 2. The number of nitrogens with two attached hydrogens (primary N) is 1. The van der Waals surface area contributed by atoms with Gasteiger partial charge in [0.25, 0.3) is 0 Å². The number of hydrogen-bond donors (Lipinski definition) is 1. The van der Waals surface area contributed by atoms with E-state index < -0.39 is 6.55 Å². The van der Waals surface area contributed by atoms with Gasteiger partial charge >= 0.3 is 6.55 Å². The summed E-state index contributed by atoms with van der Waals surface area (Å²) in [5, 5.41) is 0. The molecular weight excluding hydrogens is 252 g/mol. The molecule has 0 fully saturated rings. The summed E-state index contributed by atoms with van der Waals surface area (Å²) in [5.41, 5.74) is 6.57. The van der Waals surface area contributed by atoms with Crippen LogP contribution >= 0.6 is 0 Å². The summed E-state index contributed by atoms with van der Waals surface area (Å²) in [6, 6.07) is 7.39. The predicted octanol–water partition coefficient (Wildman–Crippen LogP) is 2.36. The molecule has 6 heteroatoms. The molecular formula is C13H15F2N3O. The van der Waals surface area contributed by atoms with Gasteiger partial charge in [-0.2, -0.15) is 8.78 Å². The molecule has 1 aromatic heterocycles. The third-order valence-corrected chi connectivity index (χ3v) is 2.68. The fourth-order valence-electron chi connectivity index (χ4n) is 1.70. The Hall–Kier alpha value is -1.95. The second-order valence-electron chi connectivity index (χ2n) is 4.00. The summed E-state index contributed by atoms with van der Waals surface area (Å²) in [6.07, 6.45) is 3.36. The SMILES string of the molecule is NCCc1ccc(OCc2nccn2C(F)F)cc1. The number of ether oxygens (including phenoxy) is 1. The van der Waals surface area contributed by atoms with Gasteiger partial charge in [-0.1, -0.05) is 12.1 Å². The number of hydrogen-bond acceptors (Lipinski definition) is 3. The zero-order chi connectivity index (χ0) is 13.7. The zero-order valence-electron chi connectivity index (χ0n) is 10.3. The van der Waals surface area contributed by atoms with Gasteiger partial charge in [-0.15, -0.1) is 0 Å². The first-order chi connectivity index (χ1) is 9.20. The maximum absolute atomic E-state index is 12.6. The topological polar surface area (TPSA) is 53.1 Å². The van der Waals surface area contributed by atoms with Crippen LogP contribution in [0, 0.1) is 0 Å². The Balaban J connectivity index is 1.96. The van der Waals surface area contributed by atoms with Crippen molar-refractivity contribution in [3.05, 3.63) is 48.0 Å². The van der Waals surface area contributed by atoms with Crippen molar-refractivity contribution in [1.82, 2.24) is 9.55 Å². The van der Waals surface area contributed by atoms with E-state index in [9.17, 15) is 8.78 Å². The lowest BCUT2D eigenvalue weighted by Crippen LogP contribution is -2.07. The first-order valence-corrected chi connectivity index (χ1v) is 5.92. The largest absolute Gasteiger partial charge is 0.486 e. The quantitative estimate of drug-likeness (QED) is 0.874. The lowest BCUT2D eigenvalue weighted by atomic mass is 10.1. The molecule has 2 rings (SSSR count). The van der Waals surface area contributed by atoms with Gasteiger partial charge in [-0.25, -0.2) is 4.98 Å². The van der Waals surface area contributed by atoms with Gasteiger partial charge in [-0.05, 0) is 30.7 Å². The molecule has 0 aliphatic rings. The number of halogens is 2. The molecule has 0 saturated carbocycles. The average molecular weight is 267 g/mol. The normalized spacial score (nSPS) is 10.9. The molecule has 0 amide bonds. The first-order valence-electron chi connectivity index (χ1n) is 5.92. The van der Waals surface area contributed by atoms with E-state index in [0.717, 1.165) is 16.6 Å². The van der Waals surface area contributed by atoms with Crippen LogP contribution in [0.2, 0.25) is 0 Å². The van der Waals surface area contributed by atoms with Gasteiger partial charge in [0.1, 0.15) is 12.4 Å². The Labute approximate surface area is 109 Å². The molecule has 102 valence electrons. The standard InChI is InChI=1S/C13H15F2N3O/c14-13(15)18-8-7-17-12(18)9-19-11-3-1-10(2-4-11)5-6-16/h1-4,7-8,13H,5-6,9,16H2. The second kappa shape index (κ2) is 6.29. The highest BCUT2D eigenvalue weighted by molar-refractivity contribution is 5.27. The summed E-state index contributed by atoms with van der Waals surface area (Å²) >= 11 is 0. The number of nitrogens with zero attached hydrogens (tertiary/aromatic N) is 2. The average Bonchev–Trinajstić information content (AvgIpc) is 2.87. The van der Waals surface area contributed by atoms with Crippen LogP contribution in [0.4, 0.5) is 8.78 Å². The third kappa shape index (κ3) is 3.51. The summed E-state index contributed by atoms with van der Waals surface area (Å²) in [5.74, 6) is 0.811. The molecule has 1 heterocycles. The monoisotopic (exact) mass is 267 g/mol. The summed E-state index contributed by atoms with van der Waals surface area (Å²) < 4.78 is 31.4. The Morgan fingerprint density at radius 3 is 2.63 bits per heavy atom. The molecule has 1 aromatic carbocycles. The molecule has 2 aromatic rings. The number of aromatic nitrogens is 2. The van der Waals surface area contributed by atoms with Crippen molar-refractivity contribution < 1.29 is 13.5 Å². The minimum Gasteiger partial charge on any atom is -0.486 e. The van der Waals surface area contributed by atoms with Crippen LogP contribution in [-0.4, -0.2) is 16.1 Å². The van der Waals surface area contributed by atoms with Crippen molar-refractivity contribution in [3.8, 4) is 5.75 Å². The highest BCUT2D eigenvalue weighted by Gasteiger charge is 2.11. The Morgan fingerprint density at radius 1 is 1.26 bits per heavy atom. The molecule has 0 radical (unpaired) electrons. The van der Waals surface area contributed by atoms with E-state index in [1.165, 1.54) is 12.4 Å². The van der Waals surface area contributed by atoms with E-state index in [2.05, 4.69) is 4.98 Å².